The number of morpholine rings is 1. The Morgan fingerprint density at radius 1 is 1.38 bits per heavy atom. The van der Waals surface area contributed by atoms with Crippen LogP contribution in [0.25, 0.3) is 0 Å². The summed E-state index contributed by atoms with van der Waals surface area (Å²) in [4.78, 5) is 13.8. The van der Waals surface area contributed by atoms with Gasteiger partial charge in [-0.3, -0.25) is 4.79 Å². The van der Waals surface area contributed by atoms with Crippen LogP contribution in [-0.4, -0.2) is 61.5 Å². The van der Waals surface area contributed by atoms with Crippen LogP contribution < -0.4 is 9.47 Å². The smallest absolute Gasteiger partial charge is 0.260 e. The number of para-hydroxylation sites is 2. The molecule has 0 bridgehead atoms. The quantitative estimate of drug-likeness (QED) is 0.836. The maximum atomic E-state index is 12.1. The number of amides is 1. The predicted molar refractivity (Wildman–Crippen MR) is 76.5 cm³/mol. The third kappa shape index (κ3) is 4.34. The zero-order chi connectivity index (χ0) is 15.1. The van der Waals surface area contributed by atoms with E-state index in [1.54, 1.807) is 17.0 Å². The van der Waals surface area contributed by atoms with E-state index in [9.17, 15) is 4.79 Å². The molecule has 1 aliphatic rings. The van der Waals surface area contributed by atoms with Crippen molar-refractivity contribution in [2.24, 2.45) is 0 Å². The maximum Gasteiger partial charge on any atom is 0.260 e. The third-order valence-corrected chi connectivity index (χ3v) is 3.20. The minimum absolute atomic E-state index is 0.0533. The van der Waals surface area contributed by atoms with Crippen molar-refractivity contribution in [3.63, 3.8) is 0 Å². The van der Waals surface area contributed by atoms with E-state index < -0.39 is 0 Å². The summed E-state index contributed by atoms with van der Waals surface area (Å²) in [6, 6.07) is 7.26. The van der Waals surface area contributed by atoms with Crippen LogP contribution in [0.15, 0.2) is 24.3 Å². The van der Waals surface area contributed by atoms with Crippen molar-refractivity contribution in [1.29, 1.82) is 0 Å². The molecule has 1 aliphatic heterocycles. The van der Waals surface area contributed by atoms with Gasteiger partial charge >= 0.3 is 0 Å². The summed E-state index contributed by atoms with van der Waals surface area (Å²) in [6.45, 7) is 3.64. The molecule has 6 nitrogen and oxygen atoms in total. The molecular weight excluding hydrogens is 274 g/mol. The second-order valence-electron chi connectivity index (χ2n) is 4.68. The van der Waals surface area contributed by atoms with Crippen LogP contribution in [0.2, 0.25) is 0 Å². The normalized spacial score (nSPS) is 18.4. The van der Waals surface area contributed by atoms with Crippen molar-refractivity contribution in [3.05, 3.63) is 24.3 Å². The van der Waals surface area contributed by atoms with Gasteiger partial charge in [0.05, 0.1) is 25.9 Å². The largest absolute Gasteiger partial charge is 0.490 e. The molecular formula is C15H21NO5. The molecule has 1 fully saturated rings. The lowest BCUT2D eigenvalue weighted by atomic mass is 10.3. The summed E-state index contributed by atoms with van der Waals surface area (Å²) in [5, 5.41) is 9.08. The molecule has 0 aliphatic carbocycles. The number of hydrogen-bond donors (Lipinski definition) is 1. The highest BCUT2D eigenvalue weighted by molar-refractivity contribution is 5.78. The van der Waals surface area contributed by atoms with E-state index in [4.69, 9.17) is 19.3 Å². The van der Waals surface area contributed by atoms with Gasteiger partial charge in [-0.2, -0.15) is 0 Å². The maximum absolute atomic E-state index is 12.1. The predicted octanol–water partition coefficient (Wildman–Crippen LogP) is 0.684. The summed E-state index contributed by atoms with van der Waals surface area (Å²) in [5.74, 6) is 1.06. The number of benzene rings is 1. The Kier molecular flexibility index (Phi) is 5.83. The Morgan fingerprint density at radius 3 is 2.76 bits per heavy atom. The highest BCUT2D eigenvalue weighted by Gasteiger charge is 2.24. The zero-order valence-corrected chi connectivity index (χ0v) is 12.2. The van der Waals surface area contributed by atoms with E-state index in [1.165, 1.54) is 0 Å². The lowest BCUT2D eigenvalue weighted by Gasteiger charge is -2.32. The fraction of sp³-hybridized carbons (Fsp3) is 0.533. The van der Waals surface area contributed by atoms with Crippen molar-refractivity contribution < 1.29 is 24.1 Å². The topological polar surface area (TPSA) is 68.2 Å². The first-order valence-electron chi connectivity index (χ1n) is 7.09. The van der Waals surface area contributed by atoms with E-state index in [-0.39, 0.29) is 25.2 Å². The van der Waals surface area contributed by atoms with Crippen LogP contribution in [-0.2, 0) is 9.53 Å². The van der Waals surface area contributed by atoms with Crippen LogP contribution in [0.3, 0.4) is 0 Å². The number of aliphatic hydroxyl groups excluding tert-OH is 1. The molecule has 1 unspecified atom stereocenters. The number of carbonyl (C=O) groups excluding carboxylic acids is 1. The van der Waals surface area contributed by atoms with Crippen LogP contribution in [0.5, 0.6) is 11.5 Å². The summed E-state index contributed by atoms with van der Waals surface area (Å²) >= 11 is 0. The van der Waals surface area contributed by atoms with Gasteiger partial charge in [0, 0.05) is 13.1 Å². The van der Waals surface area contributed by atoms with Gasteiger partial charge in [0.1, 0.15) is 0 Å². The Morgan fingerprint density at radius 2 is 2.10 bits per heavy atom. The van der Waals surface area contributed by atoms with Gasteiger partial charge in [0.15, 0.2) is 18.1 Å². The summed E-state index contributed by atoms with van der Waals surface area (Å²) < 4.78 is 16.3. The number of ether oxygens (including phenoxy) is 3. The average Bonchev–Trinajstić information content (AvgIpc) is 2.54. The number of nitrogens with zero attached hydrogens (tertiary/aromatic N) is 1. The van der Waals surface area contributed by atoms with Crippen molar-refractivity contribution in [2.45, 2.75) is 13.0 Å². The van der Waals surface area contributed by atoms with Crippen LogP contribution in [0.1, 0.15) is 6.92 Å². The van der Waals surface area contributed by atoms with Gasteiger partial charge in [0.25, 0.3) is 5.91 Å². The minimum Gasteiger partial charge on any atom is -0.490 e. The molecule has 1 saturated heterocycles. The first-order valence-corrected chi connectivity index (χ1v) is 7.09. The average molecular weight is 295 g/mol. The molecule has 1 aromatic carbocycles. The molecule has 1 amide bonds. The monoisotopic (exact) mass is 295 g/mol. The molecule has 1 aromatic rings. The second kappa shape index (κ2) is 7.85. The van der Waals surface area contributed by atoms with E-state index >= 15 is 0 Å². The fourth-order valence-corrected chi connectivity index (χ4v) is 2.13. The first kappa shape index (κ1) is 15.6. The minimum atomic E-state index is -0.307. The zero-order valence-electron chi connectivity index (χ0n) is 12.2. The molecule has 2 rings (SSSR count). The molecule has 1 heterocycles. The number of aliphatic hydroxyl groups is 1. The molecule has 0 saturated carbocycles. The Bertz CT molecular complexity index is 465. The third-order valence-electron chi connectivity index (χ3n) is 3.20. The van der Waals surface area contributed by atoms with E-state index in [0.29, 0.717) is 37.8 Å². The second-order valence-corrected chi connectivity index (χ2v) is 4.68. The van der Waals surface area contributed by atoms with E-state index in [0.717, 1.165) is 0 Å². The van der Waals surface area contributed by atoms with Crippen LogP contribution >= 0.6 is 0 Å². The first-order chi connectivity index (χ1) is 10.2. The van der Waals surface area contributed by atoms with Gasteiger partial charge in [-0.05, 0) is 19.1 Å². The molecule has 0 spiro atoms. The Labute approximate surface area is 124 Å². The standard InChI is InChI=1S/C15H21NO5/c1-2-19-13-5-3-4-6-14(13)21-11-15(18)16-7-8-20-12(9-16)10-17/h3-6,12,17H,2,7-11H2,1H3. The van der Waals surface area contributed by atoms with Crippen molar-refractivity contribution in [1.82, 2.24) is 4.90 Å². The van der Waals surface area contributed by atoms with Gasteiger partial charge in [-0.15, -0.1) is 0 Å². The molecule has 116 valence electrons. The molecule has 6 heteroatoms. The van der Waals surface area contributed by atoms with E-state index in [2.05, 4.69) is 0 Å². The van der Waals surface area contributed by atoms with Crippen LogP contribution in [0, 0.1) is 0 Å². The lowest BCUT2D eigenvalue weighted by Crippen LogP contribution is -2.48. The molecule has 1 atom stereocenters. The number of hydrogen-bond acceptors (Lipinski definition) is 5. The molecule has 1 N–H and O–H groups in total. The summed E-state index contributed by atoms with van der Waals surface area (Å²) in [5.41, 5.74) is 0. The van der Waals surface area contributed by atoms with Crippen molar-refractivity contribution in [3.8, 4) is 11.5 Å². The van der Waals surface area contributed by atoms with Crippen molar-refractivity contribution >= 4 is 5.91 Å². The fourth-order valence-electron chi connectivity index (χ4n) is 2.13. The number of rotatable bonds is 6. The molecule has 21 heavy (non-hydrogen) atoms. The Hall–Kier alpha value is -1.79. The highest BCUT2D eigenvalue weighted by atomic mass is 16.5. The van der Waals surface area contributed by atoms with Gasteiger partial charge in [0.2, 0.25) is 0 Å². The SMILES string of the molecule is CCOc1ccccc1OCC(=O)N1CCOC(CO)C1. The molecule has 0 radical (unpaired) electrons. The Balaban J connectivity index is 1.89. The van der Waals surface area contributed by atoms with Crippen molar-refractivity contribution in [2.75, 3.05) is 39.5 Å². The van der Waals surface area contributed by atoms with Gasteiger partial charge in [-0.1, -0.05) is 12.1 Å². The van der Waals surface area contributed by atoms with Crippen LogP contribution in [0.4, 0.5) is 0 Å². The van der Waals surface area contributed by atoms with E-state index in [1.807, 2.05) is 19.1 Å². The number of carbonyl (C=O) groups is 1. The lowest BCUT2D eigenvalue weighted by molar-refractivity contribution is -0.142. The summed E-state index contributed by atoms with van der Waals surface area (Å²) in [6.07, 6.45) is -0.307. The van der Waals surface area contributed by atoms with Gasteiger partial charge < -0.3 is 24.2 Å². The van der Waals surface area contributed by atoms with Gasteiger partial charge in [-0.25, -0.2) is 0 Å². The summed E-state index contributed by atoms with van der Waals surface area (Å²) in [7, 11) is 0. The highest BCUT2D eigenvalue weighted by Crippen LogP contribution is 2.26. The molecule has 0 aromatic heterocycles.